The second kappa shape index (κ2) is 31.6. The average Bonchev–Trinajstić information content (AvgIpc) is 0.879. The van der Waals surface area contributed by atoms with Gasteiger partial charge in [-0.05, 0) is 145 Å². The molecule has 17 aromatic carbocycles. The third-order valence-electron chi connectivity index (χ3n) is 26.3. The van der Waals surface area contributed by atoms with Crippen LogP contribution in [0.3, 0.4) is 0 Å². The molecule has 6 aliphatic carbocycles. The fraction of sp³-hybridized carbons (Fsp3) is 0.0339. The van der Waals surface area contributed by atoms with Crippen LogP contribution in [0.4, 0.5) is 0 Å². The van der Waals surface area contributed by atoms with Crippen molar-refractivity contribution in [1.82, 2.24) is 59.8 Å². The molecule has 6 aliphatic rings. The first-order valence-electron chi connectivity index (χ1n) is 44.4. The highest BCUT2D eigenvalue weighted by molar-refractivity contribution is 7.26. The molecule has 4 atom stereocenters. The standard InChI is InChI=1S/C62H38N6S.C56H34N6S/c1-4-14-38(15-5-1)57-63-58(39-16-6-2-7-17-39)66-61(65-57)43-28-31-48-51(35-43)55-46-21-10-11-22-47(46)56(48)52-36-44(29-32-49(52)55)62-67-59(40-18-8-3-9-19-40)64-60(68-62)41-26-24-37(25-27-41)42-30-33-54-50(34-42)45-20-12-13-23-53(45)69-54;1-4-14-33(15-5-1)51-57-52(34-16-6-2-7-17-34)59-54(58-51)36-24-27-42-45(31-36)49-40-21-10-11-22-41(40)50(42)46-32-37(25-28-43(46)49)55-60-53(35-18-8-3-9-19-35)61-56(62-55)38-26-29-48-44(30-38)39-20-12-13-23-47(39)63-48/h1-36,55-56H;1-32,49-50H. The van der Waals surface area contributed by atoms with Gasteiger partial charge >= 0.3 is 0 Å². The van der Waals surface area contributed by atoms with Gasteiger partial charge in [0.15, 0.2) is 69.9 Å². The molecule has 4 unspecified atom stereocenters. The number of hydrogen-bond acceptors (Lipinski definition) is 14. The Kier molecular flexibility index (Phi) is 18.3. The van der Waals surface area contributed by atoms with Crippen molar-refractivity contribution in [2.75, 3.05) is 0 Å². The largest absolute Gasteiger partial charge is 0.208 e. The minimum absolute atomic E-state index is 0.0250. The first-order chi connectivity index (χ1) is 65.4. The topological polar surface area (TPSA) is 155 Å². The number of rotatable bonds is 13. The van der Waals surface area contributed by atoms with Crippen LogP contribution in [0.15, 0.2) is 413 Å². The highest BCUT2D eigenvalue weighted by Gasteiger charge is 2.44. The van der Waals surface area contributed by atoms with Crippen LogP contribution in [-0.2, 0) is 0 Å². The molecule has 14 heteroatoms. The molecule has 29 rings (SSSR count). The molecule has 0 radical (unpaired) electrons. The van der Waals surface area contributed by atoms with Crippen LogP contribution in [0.25, 0.3) is 188 Å². The van der Waals surface area contributed by atoms with E-state index in [0.29, 0.717) is 69.9 Å². The molecule has 0 N–H and O–H groups in total. The molecule has 0 aliphatic heterocycles. The normalized spacial score (nSPS) is 14.5. The summed E-state index contributed by atoms with van der Waals surface area (Å²) in [6, 6.07) is 145. The molecule has 6 aromatic heterocycles. The van der Waals surface area contributed by atoms with Gasteiger partial charge < -0.3 is 0 Å². The van der Waals surface area contributed by atoms with E-state index in [4.69, 9.17) is 59.8 Å². The number of fused-ring (bicyclic) bond motifs is 6. The Balaban J connectivity index is 0.000000139. The molecule has 23 aromatic rings. The lowest BCUT2D eigenvalue weighted by Gasteiger charge is -2.42. The molecular weight excluding hydrogens is 1650 g/mol. The van der Waals surface area contributed by atoms with Gasteiger partial charge in [0.25, 0.3) is 0 Å². The monoisotopic (exact) mass is 1720 g/mol. The number of nitrogens with zero attached hydrogens (tertiary/aromatic N) is 12. The molecule has 0 saturated carbocycles. The summed E-state index contributed by atoms with van der Waals surface area (Å²) in [5.41, 5.74) is 29.4. The first-order valence-corrected chi connectivity index (χ1v) is 46.1. The minimum Gasteiger partial charge on any atom is -0.208 e. The summed E-state index contributed by atoms with van der Waals surface area (Å²) in [6.45, 7) is 0. The second-order valence-corrected chi connectivity index (χ2v) is 36.1. The second-order valence-electron chi connectivity index (χ2n) is 34.0. The smallest absolute Gasteiger partial charge is 0.164 e. The zero-order chi connectivity index (χ0) is 86.9. The maximum atomic E-state index is 5.24. The van der Waals surface area contributed by atoms with E-state index in [1.807, 2.05) is 180 Å². The van der Waals surface area contributed by atoms with Crippen LogP contribution in [0, 0.1) is 0 Å². The lowest BCUT2D eigenvalue weighted by atomic mass is 9.61. The summed E-state index contributed by atoms with van der Waals surface area (Å²) in [5.74, 6) is 7.91. The number of thiophene rings is 2. The summed E-state index contributed by atoms with van der Waals surface area (Å²) < 4.78 is 5.13. The van der Waals surface area contributed by atoms with Crippen LogP contribution in [0.1, 0.15) is 90.4 Å². The van der Waals surface area contributed by atoms with E-state index in [1.54, 1.807) is 0 Å². The van der Waals surface area contributed by atoms with E-state index in [9.17, 15) is 0 Å². The molecule has 0 spiro atoms. The Morgan fingerprint density at radius 1 is 0.121 bits per heavy atom. The predicted molar refractivity (Wildman–Crippen MR) is 532 cm³/mol. The van der Waals surface area contributed by atoms with Gasteiger partial charge in [-0.25, -0.2) is 59.8 Å². The SMILES string of the molecule is c1ccc(-c2nc(-c3ccccc3)nc(-c3ccc4c(c3)C3c5ccccc5C4c4cc(-c5nc(-c6ccccc6)nc(-c6ccc(-c7ccc8sc9ccccc9c8c7)cc6)n5)ccc43)n2)cc1.c1ccc(-c2nc(-c3ccccc3)nc(-c3ccc4c(c3)C3c5ccccc5C4c4cc(-c5nc(-c6ccccc6)nc(-c6ccc7sc8ccccc8c7c6)n5)ccc43)n2)cc1. The van der Waals surface area contributed by atoms with Crippen molar-refractivity contribution in [2.45, 2.75) is 23.7 Å². The minimum atomic E-state index is 0.0250. The number of aromatic nitrogens is 12. The predicted octanol–water partition coefficient (Wildman–Crippen LogP) is 28.5. The van der Waals surface area contributed by atoms with Crippen molar-refractivity contribution in [3.8, 4) is 148 Å². The fourth-order valence-electron chi connectivity index (χ4n) is 20.1. The van der Waals surface area contributed by atoms with Gasteiger partial charge in [0.1, 0.15) is 0 Å². The molecular formula is C118H72N12S2. The van der Waals surface area contributed by atoms with E-state index in [1.165, 1.54) is 113 Å². The average molecular weight is 1720 g/mol. The Morgan fingerprint density at radius 2 is 0.303 bits per heavy atom. The first kappa shape index (κ1) is 76.5. The molecule has 0 saturated heterocycles. The number of benzene rings is 17. The van der Waals surface area contributed by atoms with Gasteiger partial charge in [-0.1, -0.05) is 346 Å². The Morgan fingerprint density at radius 3 is 0.583 bits per heavy atom. The van der Waals surface area contributed by atoms with E-state index in [-0.39, 0.29) is 23.7 Å². The quantitative estimate of drug-likeness (QED) is 0.108. The van der Waals surface area contributed by atoms with Gasteiger partial charge in [0.05, 0.1) is 0 Å². The third-order valence-corrected chi connectivity index (χ3v) is 28.6. The molecule has 0 amide bonds. The van der Waals surface area contributed by atoms with E-state index in [2.05, 4.69) is 255 Å². The highest BCUT2D eigenvalue weighted by Crippen LogP contribution is 2.59. The van der Waals surface area contributed by atoms with Crippen molar-refractivity contribution in [2.24, 2.45) is 0 Å². The molecule has 132 heavy (non-hydrogen) atoms. The summed E-state index contributed by atoms with van der Waals surface area (Å²) in [5, 5.41) is 5.05. The van der Waals surface area contributed by atoms with Crippen LogP contribution in [0.2, 0.25) is 0 Å². The van der Waals surface area contributed by atoms with Crippen molar-refractivity contribution in [1.29, 1.82) is 0 Å². The van der Waals surface area contributed by atoms with E-state index >= 15 is 0 Å². The van der Waals surface area contributed by atoms with Gasteiger partial charge in [-0.3, -0.25) is 0 Å². The molecule has 0 fully saturated rings. The Bertz CT molecular complexity index is 8430. The summed E-state index contributed by atoms with van der Waals surface area (Å²) in [4.78, 5) is 61.3. The van der Waals surface area contributed by atoms with Crippen LogP contribution in [-0.4, -0.2) is 59.8 Å². The molecule has 12 nitrogen and oxygen atoms in total. The Labute approximate surface area is 768 Å². The van der Waals surface area contributed by atoms with Crippen molar-refractivity contribution in [3.63, 3.8) is 0 Å². The van der Waals surface area contributed by atoms with Gasteiger partial charge in [-0.15, -0.1) is 22.7 Å². The van der Waals surface area contributed by atoms with Crippen LogP contribution >= 0.6 is 22.7 Å². The third kappa shape index (κ3) is 13.3. The fourth-order valence-corrected chi connectivity index (χ4v) is 22.3. The van der Waals surface area contributed by atoms with Gasteiger partial charge in [0.2, 0.25) is 0 Å². The van der Waals surface area contributed by atoms with E-state index < -0.39 is 0 Å². The maximum Gasteiger partial charge on any atom is 0.164 e. The zero-order valence-corrected chi connectivity index (χ0v) is 72.4. The lowest BCUT2D eigenvalue weighted by Crippen LogP contribution is -2.27. The van der Waals surface area contributed by atoms with Crippen LogP contribution < -0.4 is 0 Å². The molecule has 6 heterocycles. The van der Waals surface area contributed by atoms with Crippen LogP contribution in [0.5, 0.6) is 0 Å². The molecule has 4 bridgehead atoms. The van der Waals surface area contributed by atoms with Crippen molar-refractivity contribution >= 4 is 63.0 Å². The Hall–Kier alpha value is -16.8. The highest BCUT2D eigenvalue weighted by atomic mass is 32.1. The summed E-state index contributed by atoms with van der Waals surface area (Å²) in [7, 11) is 0. The van der Waals surface area contributed by atoms with Gasteiger partial charge in [-0.2, -0.15) is 0 Å². The molecule has 616 valence electrons. The summed E-state index contributed by atoms with van der Waals surface area (Å²) in [6.07, 6.45) is 0. The summed E-state index contributed by atoms with van der Waals surface area (Å²) >= 11 is 3.65. The van der Waals surface area contributed by atoms with Gasteiger partial charge in [0, 0.05) is 131 Å². The lowest BCUT2D eigenvalue weighted by molar-refractivity contribution is 0.754. The van der Waals surface area contributed by atoms with E-state index in [0.717, 1.165) is 72.3 Å². The van der Waals surface area contributed by atoms with Crippen molar-refractivity contribution < 1.29 is 0 Å². The zero-order valence-electron chi connectivity index (χ0n) is 70.8. The maximum absolute atomic E-state index is 5.24. The van der Waals surface area contributed by atoms with Crippen molar-refractivity contribution in [3.05, 3.63) is 479 Å². The number of hydrogen-bond donors (Lipinski definition) is 0.